The van der Waals surface area contributed by atoms with E-state index in [0.717, 1.165) is 16.9 Å². The Morgan fingerprint density at radius 2 is 2.08 bits per heavy atom. The highest BCUT2D eigenvalue weighted by atomic mass is 32.2. The van der Waals surface area contributed by atoms with E-state index in [0.29, 0.717) is 12.3 Å². The van der Waals surface area contributed by atoms with Crippen molar-refractivity contribution < 1.29 is 14.3 Å². The number of hydrogen-bond donors (Lipinski definition) is 1. The van der Waals surface area contributed by atoms with Crippen molar-refractivity contribution in [1.29, 1.82) is 0 Å². The molecule has 1 N–H and O–H groups in total. The number of ether oxygens (including phenoxy) is 1. The molecule has 130 valence electrons. The molecule has 6 nitrogen and oxygen atoms in total. The van der Waals surface area contributed by atoms with Crippen LogP contribution in [-0.2, 0) is 16.1 Å². The van der Waals surface area contributed by atoms with E-state index in [1.165, 1.54) is 11.8 Å². The molecule has 0 aliphatic carbocycles. The lowest BCUT2D eigenvalue weighted by Crippen LogP contribution is -2.39. The number of nitrogens with zero attached hydrogens (tertiary/aromatic N) is 2. The largest absolute Gasteiger partial charge is 0.496 e. The van der Waals surface area contributed by atoms with E-state index in [-0.39, 0.29) is 23.7 Å². The molecule has 0 bridgehead atoms. The molecule has 0 spiro atoms. The zero-order valence-corrected chi connectivity index (χ0v) is 14.7. The number of carbonyl (C=O) groups is 2. The Balaban J connectivity index is 1.67. The number of aromatic nitrogens is 1. The van der Waals surface area contributed by atoms with E-state index >= 15 is 0 Å². The minimum absolute atomic E-state index is 0.0274. The number of para-hydroxylation sites is 1. The summed E-state index contributed by atoms with van der Waals surface area (Å²) in [7, 11) is 1.60. The molecule has 0 radical (unpaired) electrons. The van der Waals surface area contributed by atoms with Gasteiger partial charge in [0.15, 0.2) is 0 Å². The van der Waals surface area contributed by atoms with E-state index in [9.17, 15) is 9.59 Å². The lowest BCUT2D eigenvalue weighted by molar-refractivity contribution is -0.133. The van der Waals surface area contributed by atoms with Gasteiger partial charge in [0.1, 0.15) is 17.7 Å². The average molecular weight is 357 g/mol. The van der Waals surface area contributed by atoms with Gasteiger partial charge < -0.3 is 15.0 Å². The highest BCUT2D eigenvalue weighted by Crippen LogP contribution is 2.41. The lowest BCUT2D eigenvalue weighted by atomic mass is 10.2. The molecule has 1 aliphatic rings. The first kappa shape index (κ1) is 17.3. The maximum Gasteiger partial charge on any atom is 0.239 e. The Kier molecular flexibility index (Phi) is 5.55. The molecule has 3 rings (SSSR count). The lowest BCUT2D eigenvalue weighted by Gasteiger charge is -2.25. The second-order valence-corrected chi connectivity index (χ2v) is 6.63. The van der Waals surface area contributed by atoms with Crippen LogP contribution in [0.4, 0.5) is 0 Å². The van der Waals surface area contributed by atoms with Crippen LogP contribution in [0, 0.1) is 0 Å². The van der Waals surface area contributed by atoms with Crippen molar-refractivity contribution in [2.24, 2.45) is 0 Å². The molecule has 0 saturated carbocycles. The third-order valence-electron chi connectivity index (χ3n) is 3.93. The number of amides is 2. The van der Waals surface area contributed by atoms with Crippen LogP contribution in [0.25, 0.3) is 0 Å². The van der Waals surface area contributed by atoms with Crippen LogP contribution in [0.2, 0.25) is 0 Å². The Hall–Kier alpha value is -2.54. The number of benzene rings is 1. The SMILES string of the molecule is COc1ccccc1C1SCC(=O)N1CC(=O)NCc1ccncc1. The Morgan fingerprint density at radius 3 is 2.84 bits per heavy atom. The van der Waals surface area contributed by atoms with Crippen LogP contribution in [0.15, 0.2) is 48.8 Å². The Morgan fingerprint density at radius 1 is 1.32 bits per heavy atom. The summed E-state index contributed by atoms with van der Waals surface area (Å²) in [6.07, 6.45) is 3.36. The van der Waals surface area contributed by atoms with Crippen LogP contribution in [0.5, 0.6) is 5.75 Å². The summed E-state index contributed by atoms with van der Waals surface area (Å²) >= 11 is 1.51. The van der Waals surface area contributed by atoms with Crippen molar-refractivity contribution >= 4 is 23.6 Å². The zero-order chi connectivity index (χ0) is 17.6. The molecular formula is C18H19N3O3S. The maximum absolute atomic E-state index is 12.3. The fourth-order valence-electron chi connectivity index (χ4n) is 2.66. The van der Waals surface area contributed by atoms with Gasteiger partial charge in [-0.05, 0) is 23.8 Å². The van der Waals surface area contributed by atoms with Crippen molar-refractivity contribution in [2.45, 2.75) is 11.9 Å². The number of methoxy groups -OCH3 is 1. The van der Waals surface area contributed by atoms with Crippen molar-refractivity contribution in [3.63, 3.8) is 0 Å². The van der Waals surface area contributed by atoms with E-state index < -0.39 is 0 Å². The molecule has 1 aromatic carbocycles. The van der Waals surface area contributed by atoms with Crippen LogP contribution in [0.1, 0.15) is 16.5 Å². The standard InChI is InChI=1S/C18H19N3O3S/c1-24-15-5-3-2-4-14(15)18-21(17(23)12-25-18)11-16(22)20-10-13-6-8-19-9-7-13/h2-9,18H,10-12H2,1H3,(H,20,22). The molecule has 1 fully saturated rings. The summed E-state index contributed by atoms with van der Waals surface area (Å²) in [5.74, 6) is 0.852. The third kappa shape index (κ3) is 4.11. The van der Waals surface area contributed by atoms with Crippen LogP contribution >= 0.6 is 11.8 Å². The normalized spacial score (nSPS) is 16.8. The smallest absolute Gasteiger partial charge is 0.239 e. The summed E-state index contributed by atoms with van der Waals surface area (Å²) < 4.78 is 5.39. The molecule has 1 saturated heterocycles. The molecule has 25 heavy (non-hydrogen) atoms. The Bertz CT molecular complexity index is 754. The van der Waals surface area contributed by atoms with Crippen molar-refractivity contribution in [3.05, 3.63) is 59.9 Å². The second-order valence-electron chi connectivity index (χ2n) is 5.56. The Labute approximate surface area is 150 Å². The molecular weight excluding hydrogens is 338 g/mol. The van der Waals surface area contributed by atoms with Crippen LogP contribution < -0.4 is 10.1 Å². The predicted molar refractivity (Wildman–Crippen MR) is 96.0 cm³/mol. The molecule has 1 aromatic heterocycles. The summed E-state index contributed by atoms with van der Waals surface area (Å²) in [5, 5.41) is 2.63. The first-order valence-corrected chi connectivity index (χ1v) is 8.93. The monoisotopic (exact) mass is 357 g/mol. The molecule has 1 aliphatic heterocycles. The minimum atomic E-state index is -0.213. The fraction of sp³-hybridized carbons (Fsp3) is 0.278. The summed E-state index contributed by atoms with van der Waals surface area (Å²) in [6, 6.07) is 11.3. The van der Waals surface area contributed by atoms with Crippen molar-refractivity contribution in [2.75, 3.05) is 19.4 Å². The molecule has 1 atom stereocenters. The van der Waals surface area contributed by atoms with Gasteiger partial charge >= 0.3 is 0 Å². The third-order valence-corrected chi connectivity index (χ3v) is 5.16. The predicted octanol–water partition coefficient (Wildman–Crippen LogP) is 1.98. The van der Waals surface area contributed by atoms with Gasteiger partial charge in [-0.2, -0.15) is 0 Å². The zero-order valence-electron chi connectivity index (χ0n) is 13.8. The molecule has 1 unspecified atom stereocenters. The van der Waals surface area contributed by atoms with Gasteiger partial charge in [0, 0.05) is 24.5 Å². The van der Waals surface area contributed by atoms with Crippen LogP contribution in [-0.4, -0.2) is 41.1 Å². The van der Waals surface area contributed by atoms with Crippen molar-refractivity contribution in [3.8, 4) is 5.75 Å². The average Bonchev–Trinajstić information content (AvgIpc) is 3.01. The number of rotatable bonds is 6. The second kappa shape index (κ2) is 8.02. The molecule has 7 heteroatoms. The molecule has 2 amide bonds. The van der Waals surface area contributed by atoms with Gasteiger partial charge in [0.05, 0.1) is 12.9 Å². The number of thioether (sulfide) groups is 1. The van der Waals surface area contributed by atoms with Crippen LogP contribution in [0.3, 0.4) is 0 Å². The van der Waals surface area contributed by atoms with E-state index in [1.807, 2.05) is 36.4 Å². The minimum Gasteiger partial charge on any atom is -0.496 e. The first-order valence-electron chi connectivity index (χ1n) is 7.88. The topological polar surface area (TPSA) is 71.5 Å². The number of pyridine rings is 1. The van der Waals surface area contributed by atoms with Gasteiger partial charge in [0.25, 0.3) is 0 Å². The van der Waals surface area contributed by atoms with Gasteiger partial charge in [-0.25, -0.2) is 0 Å². The summed E-state index contributed by atoms with van der Waals surface area (Å²) in [4.78, 5) is 30.1. The quantitative estimate of drug-likeness (QED) is 0.856. The summed E-state index contributed by atoms with van der Waals surface area (Å²) in [6.45, 7) is 0.440. The van der Waals surface area contributed by atoms with E-state index in [2.05, 4.69) is 10.3 Å². The van der Waals surface area contributed by atoms with E-state index in [1.54, 1.807) is 24.4 Å². The highest BCUT2D eigenvalue weighted by Gasteiger charge is 2.35. The van der Waals surface area contributed by atoms with Gasteiger partial charge in [-0.15, -0.1) is 11.8 Å². The van der Waals surface area contributed by atoms with Gasteiger partial charge in [0.2, 0.25) is 11.8 Å². The van der Waals surface area contributed by atoms with Gasteiger partial charge in [-0.3, -0.25) is 14.6 Å². The fourth-order valence-corrected chi connectivity index (χ4v) is 3.88. The van der Waals surface area contributed by atoms with Gasteiger partial charge in [-0.1, -0.05) is 18.2 Å². The molecule has 2 aromatic rings. The number of carbonyl (C=O) groups excluding carboxylic acids is 2. The highest BCUT2D eigenvalue weighted by molar-refractivity contribution is 8.00. The number of nitrogens with one attached hydrogen (secondary N) is 1. The van der Waals surface area contributed by atoms with E-state index in [4.69, 9.17) is 4.74 Å². The first-order chi connectivity index (χ1) is 12.2. The summed E-state index contributed by atoms with van der Waals surface area (Å²) in [5.41, 5.74) is 1.87. The van der Waals surface area contributed by atoms with Crippen molar-refractivity contribution in [1.82, 2.24) is 15.2 Å². The maximum atomic E-state index is 12.3. The molecule has 2 heterocycles. The number of hydrogen-bond acceptors (Lipinski definition) is 5.